The van der Waals surface area contributed by atoms with E-state index in [-0.39, 0.29) is 12.8 Å². The van der Waals surface area contributed by atoms with Crippen molar-refractivity contribution < 1.29 is 29.0 Å². The van der Waals surface area contributed by atoms with Crippen LogP contribution in [0.4, 0.5) is 0 Å². The number of nitrogens with one attached hydrogen (secondary N) is 1. The number of ether oxygens (including phenoxy) is 2. The van der Waals surface area contributed by atoms with Crippen LogP contribution in [0, 0.1) is 0 Å². The molecule has 0 aromatic heterocycles. The number of rotatable bonds is 8. The molecule has 1 amide bonds. The van der Waals surface area contributed by atoms with E-state index in [0.717, 1.165) is 7.11 Å². The SMILES string of the molecule is COCCCC(=O)N[C@@H](CC(=O)OC)C(=O)O. The molecule has 0 saturated heterocycles. The summed E-state index contributed by atoms with van der Waals surface area (Å²) < 4.78 is 9.09. The highest BCUT2D eigenvalue weighted by atomic mass is 16.5. The maximum absolute atomic E-state index is 11.3. The van der Waals surface area contributed by atoms with E-state index in [1.165, 1.54) is 7.11 Å². The number of amides is 1. The Balaban J connectivity index is 4.11. The summed E-state index contributed by atoms with van der Waals surface area (Å²) in [6, 6.07) is -1.25. The van der Waals surface area contributed by atoms with Crippen LogP contribution >= 0.6 is 0 Å². The zero-order valence-corrected chi connectivity index (χ0v) is 9.89. The quantitative estimate of drug-likeness (QED) is 0.444. The third-order valence-electron chi connectivity index (χ3n) is 1.98. The van der Waals surface area contributed by atoms with Gasteiger partial charge in [-0.25, -0.2) is 4.79 Å². The molecule has 1 atom stereocenters. The molecule has 0 saturated carbocycles. The van der Waals surface area contributed by atoms with E-state index in [2.05, 4.69) is 10.1 Å². The van der Waals surface area contributed by atoms with Gasteiger partial charge in [0.05, 0.1) is 13.5 Å². The number of carboxylic acid groups (broad SMARTS) is 1. The van der Waals surface area contributed by atoms with Gasteiger partial charge in [-0.3, -0.25) is 9.59 Å². The highest BCUT2D eigenvalue weighted by Crippen LogP contribution is 1.97. The maximum atomic E-state index is 11.3. The van der Waals surface area contributed by atoms with Crippen LogP contribution in [0.1, 0.15) is 19.3 Å². The number of methoxy groups -OCH3 is 2. The number of carbonyl (C=O) groups is 3. The van der Waals surface area contributed by atoms with Gasteiger partial charge in [0.1, 0.15) is 6.04 Å². The largest absolute Gasteiger partial charge is 0.480 e. The van der Waals surface area contributed by atoms with Gasteiger partial charge in [0.25, 0.3) is 0 Å². The second kappa shape index (κ2) is 8.51. The Labute approximate surface area is 99.1 Å². The van der Waals surface area contributed by atoms with E-state index in [9.17, 15) is 14.4 Å². The lowest BCUT2D eigenvalue weighted by Gasteiger charge is -2.13. The lowest BCUT2D eigenvalue weighted by atomic mass is 10.2. The first kappa shape index (κ1) is 15.4. The molecule has 0 spiro atoms. The van der Waals surface area contributed by atoms with Crippen molar-refractivity contribution in [3.63, 3.8) is 0 Å². The van der Waals surface area contributed by atoms with Crippen LogP contribution < -0.4 is 5.32 Å². The molecule has 0 aromatic rings. The third kappa shape index (κ3) is 7.29. The van der Waals surface area contributed by atoms with Gasteiger partial charge in [-0.1, -0.05) is 0 Å². The summed E-state index contributed by atoms with van der Waals surface area (Å²) in [5.41, 5.74) is 0. The Morgan fingerprint density at radius 2 is 1.94 bits per heavy atom. The molecule has 7 heteroatoms. The molecular formula is C10H17NO6. The molecule has 0 aliphatic rings. The number of carboxylic acids is 1. The second-order valence-electron chi connectivity index (χ2n) is 3.33. The van der Waals surface area contributed by atoms with Crippen LogP contribution in [0.25, 0.3) is 0 Å². The molecule has 0 aromatic carbocycles. The molecule has 0 radical (unpaired) electrons. The van der Waals surface area contributed by atoms with E-state index in [1.54, 1.807) is 0 Å². The van der Waals surface area contributed by atoms with Gasteiger partial charge in [-0.05, 0) is 6.42 Å². The van der Waals surface area contributed by atoms with Gasteiger partial charge >= 0.3 is 11.9 Å². The number of esters is 1. The first-order chi connectivity index (χ1) is 8.01. The van der Waals surface area contributed by atoms with Crippen LogP contribution in [-0.2, 0) is 23.9 Å². The summed E-state index contributed by atoms with van der Waals surface area (Å²) in [5, 5.41) is 11.0. The molecule has 7 nitrogen and oxygen atoms in total. The molecule has 0 heterocycles. The third-order valence-corrected chi connectivity index (χ3v) is 1.98. The van der Waals surface area contributed by atoms with Crippen molar-refractivity contribution in [2.45, 2.75) is 25.3 Å². The Morgan fingerprint density at radius 3 is 2.41 bits per heavy atom. The van der Waals surface area contributed by atoms with E-state index < -0.39 is 23.9 Å². The molecule has 2 N–H and O–H groups in total. The number of hydrogen-bond donors (Lipinski definition) is 2. The van der Waals surface area contributed by atoms with Crippen molar-refractivity contribution in [2.24, 2.45) is 0 Å². The second-order valence-corrected chi connectivity index (χ2v) is 3.33. The fourth-order valence-electron chi connectivity index (χ4n) is 1.09. The van der Waals surface area contributed by atoms with E-state index in [0.29, 0.717) is 13.0 Å². The molecule has 0 aliphatic heterocycles. The number of aliphatic carboxylic acids is 1. The van der Waals surface area contributed by atoms with Gasteiger partial charge < -0.3 is 19.9 Å². The predicted molar refractivity (Wildman–Crippen MR) is 57.3 cm³/mol. The Hall–Kier alpha value is -1.63. The van der Waals surface area contributed by atoms with E-state index >= 15 is 0 Å². The van der Waals surface area contributed by atoms with Gasteiger partial charge in [-0.15, -0.1) is 0 Å². The van der Waals surface area contributed by atoms with Crippen molar-refractivity contribution in [3.8, 4) is 0 Å². The summed E-state index contributed by atoms with van der Waals surface area (Å²) in [5.74, 6) is -2.39. The van der Waals surface area contributed by atoms with E-state index in [4.69, 9.17) is 9.84 Å². The van der Waals surface area contributed by atoms with Gasteiger partial charge in [0.2, 0.25) is 5.91 Å². The average Bonchev–Trinajstić information content (AvgIpc) is 2.28. The van der Waals surface area contributed by atoms with Gasteiger partial charge in [0.15, 0.2) is 0 Å². The van der Waals surface area contributed by atoms with Crippen molar-refractivity contribution in [3.05, 3.63) is 0 Å². The Kier molecular flexibility index (Phi) is 7.70. The maximum Gasteiger partial charge on any atom is 0.326 e. The van der Waals surface area contributed by atoms with Crippen LogP contribution in [-0.4, -0.2) is 49.8 Å². The lowest BCUT2D eigenvalue weighted by Crippen LogP contribution is -2.42. The van der Waals surface area contributed by atoms with Crippen molar-refractivity contribution in [2.75, 3.05) is 20.8 Å². The molecular weight excluding hydrogens is 230 g/mol. The highest BCUT2D eigenvalue weighted by Gasteiger charge is 2.23. The zero-order valence-electron chi connectivity index (χ0n) is 9.89. The summed E-state index contributed by atoms with van der Waals surface area (Å²) in [6.45, 7) is 0.419. The summed E-state index contributed by atoms with van der Waals surface area (Å²) in [6.07, 6.45) is 0.257. The van der Waals surface area contributed by atoms with Gasteiger partial charge in [0, 0.05) is 20.1 Å². The zero-order chi connectivity index (χ0) is 13.3. The molecule has 98 valence electrons. The number of carbonyl (C=O) groups excluding carboxylic acids is 2. The van der Waals surface area contributed by atoms with Crippen molar-refractivity contribution >= 4 is 17.8 Å². The normalized spacial score (nSPS) is 11.6. The van der Waals surface area contributed by atoms with Crippen LogP contribution in [0.5, 0.6) is 0 Å². The summed E-state index contributed by atoms with van der Waals surface area (Å²) >= 11 is 0. The molecule has 0 aliphatic carbocycles. The monoisotopic (exact) mass is 247 g/mol. The minimum absolute atomic E-state index is 0.152. The molecule has 0 bridgehead atoms. The molecule has 0 fully saturated rings. The van der Waals surface area contributed by atoms with Crippen molar-refractivity contribution in [1.82, 2.24) is 5.32 Å². The minimum atomic E-state index is -1.27. The first-order valence-electron chi connectivity index (χ1n) is 5.09. The topological polar surface area (TPSA) is 102 Å². The first-order valence-corrected chi connectivity index (χ1v) is 5.09. The fourth-order valence-corrected chi connectivity index (χ4v) is 1.09. The van der Waals surface area contributed by atoms with E-state index in [1.807, 2.05) is 0 Å². The summed E-state index contributed by atoms with van der Waals surface area (Å²) in [7, 11) is 2.66. The number of hydrogen-bond acceptors (Lipinski definition) is 5. The smallest absolute Gasteiger partial charge is 0.326 e. The predicted octanol–water partition coefficient (Wildman–Crippen LogP) is -0.454. The molecule has 0 rings (SSSR count). The standard InChI is InChI=1S/C10H17NO6/c1-16-5-3-4-8(12)11-7(10(14)15)6-9(13)17-2/h7H,3-6H2,1-2H3,(H,11,12)(H,14,15)/t7-/m0/s1. The fraction of sp³-hybridized carbons (Fsp3) is 0.700. The lowest BCUT2D eigenvalue weighted by molar-refractivity contribution is -0.148. The van der Waals surface area contributed by atoms with Crippen LogP contribution in [0.15, 0.2) is 0 Å². The Morgan fingerprint density at radius 1 is 1.29 bits per heavy atom. The highest BCUT2D eigenvalue weighted by molar-refractivity contribution is 5.87. The van der Waals surface area contributed by atoms with Crippen LogP contribution in [0.2, 0.25) is 0 Å². The average molecular weight is 247 g/mol. The molecule has 0 unspecified atom stereocenters. The van der Waals surface area contributed by atoms with Crippen molar-refractivity contribution in [1.29, 1.82) is 0 Å². The van der Waals surface area contributed by atoms with Crippen LogP contribution in [0.3, 0.4) is 0 Å². The Bertz CT molecular complexity index is 278. The van der Waals surface area contributed by atoms with Gasteiger partial charge in [-0.2, -0.15) is 0 Å². The molecule has 17 heavy (non-hydrogen) atoms. The summed E-state index contributed by atoms with van der Waals surface area (Å²) in [4.78, 5) is 33.0. The minimum Gasteiger partial charge on any atom is -0.480 e.